The zero-order chi connectivity index (χ0) is 19.9. The van der Waals surface area contributed by atoms with Crippen molar-refractivity contribution in [3.63, 3.8) is 0 Å². The van der Waals surface area contributed by atoms with Crippen molar-refractivity contribution in [3.05, 3.63) is 64.2 Å². The van der Waals surface area contributed by atoms with Crippen LogP contribution in [0.25, 0.3) is 0 Å². The smallest absolute Gasteiger partial charge is 0.269 e. The second-order valence-electron chi connectivity index (χ2n) is 6.56. The molecule has 1 saturated heterocycles. The van der Waals surface area contributed by atoms with Gasteiger partial charge in [-0.1, -0.05) is 12.1 Å². The molecular weight excluding hydrogens is 378 g/mol. The van der Waals surface area contributed by atoms with Gasteiger partial charge >= 0.3 is 0 Å². The van der Waals surface area contributed by atoms with Crippen molar-refractivity contribution in [2.24, 2.45) is 0 Å². The summed E-state index contributed by atoms with van der Waals surface area (Å²) >= 11 is 1.38. The first-order chi connectivity index (χ1) is 13.5. The Bertz CT molecular complexity index is 805. The molecule has 2 aromatic carbocycles. The highest BCUT2D eigenvalue weighted by atomic mass is 32.2. The molecule has 1 aliphatic rings. The van der Waals surface area contributed by atoms with Crippen LogP contribution in [0.4, 0.5) is 11.4 Å². The van der Waals surface area contributed by atoms with Crippen LogP contribution in [0.3, 0.4) is 0 Å². The Morgan fingerprint density at radius 1 is 1.14 bits per heavy atom. The molecule has 3 rings (SSSR count). The number of hydrogen-bond donors (Lipinski definition) is 0. The predicted molar refractivity (Wildman–Crippen MR) is 110 cm³/mol. The number of ether oxygens (including phenoxy) is 1. The van der Waals surface area contributed by atoms with E-state index in [0.29, 0.717) is 12.3 Å². The highest BCUT2D eigenvalue weighted by Crippen LogP contribution is 2.22. The number of rotatable bonds is 7. The van der Waals surface area contributed by atoms with Crippen molar-refractivity contribution in [2.75, 3.05) is 44.0 Å². The van der Waals surface area contributed by atoms with Gasteiger partial charge in [0.25, 0.3) is 5.69 Å². The van der Waals surface area contributed by atoms with Gasteiger partial charge in [-0.2, -0.15) is 0 Å². The van der Waals surface area contributed by atoms with Crippen LogP contribution in [0.2, 0.25) is 0 Å². The van der Waals surface area contributed by atoms with Gasteiger partial charge in [0.1, 0.15) is 0 Å². The van der Waals surface area contributed by atoms with Crippen LogP contribution in [-0.2, 0) is 16.1 Å². The molecular formula is C20H23N3O4S. The molecule has 0 radical (unpaired) electrons. The fourth-order valence-corrected chi connectivity index (χ4v) is 3.75. The molecule has 28 heavy (non-hydrogen) atoms. The van der Waals surface area contributed by atoms with Gasteiger partial charge in [0.15, 0.2) is 0 Å². The molecule has 0 aromatic heterocycles. The number of benzene rings is 2. The number of nitro groups is 1. The van der Waals surface area contributed by atoms with Crippen LogP contribution >= 0.6 is 11.8 Å². The van der Waals surface area contributed by atoms with Gasteiger partial charge in [-0.3, -0.25) is 14.9 Å². The van der Waals surface area contributed by atoms with Crippen molar-refractivity contribution in [1.29, 1.82) is 0 Å². The third kappa shape index (κ3) is 5.46. The second-order valence-corrected chi connectivity index (χ2v) is 7.60. The minimum Gasteiger partial charge on any atom is -0.378 e. The third-order valence-electron chi connectivity index (χ3n) is 4.57. The lowest BCUT2D eigenvalue weighted by molar-refractivity contribution is -0.384. The average molecular weight is 401 g/mol. The lowest BCUT2D eigenvalue weighted by Crippen LogP contribution is -2.36. The third-order valence-corrected chi connectivity index (χ3v) is 5.56. The van der Waals surface area contributed by atoms with E-state index < -0.39 is 4.92 Å². The van der Waals surface area contributed by atoms with Crippen LogP contribution in [0.1, 0.15) is 5.56 Å². The number of carbonyl (C=O) groups excluding carboxylic acids is 1. The van der Waals surface area contributed by atoms with Gasteiger partial charge in [0.2, 0.25) is 5.91 Å². The number of morpholine rings is 1. The number of non-ortho nitro benzene ring substituents is 1. The Balaban J connectivity index is 1.48. The van der Waals surface area contributed by atoms with E-state index in [0.717, 1.165) is 36.8 Å². The average Bonchev–Trinajstić information content (AvgIpc) is 2.73. The highest BCUT2D eigenvalue weighted by molar-refractivity contribution is 8.00. The van der Waals surface area contributed by atoms with Gasteiger partial charge in [-0.25, -0.2) is 0 Å². The van der Waals surface area contributed by atoms with Crippen molar-refractivity contribution in [1.82, 2.24) is 4.90 Å². The summed E-state index contributed by atoms with van der Waals surface area (Å²) in [6.07, 6.45) is 0. The molecule has 0 atom stereocenters. The van der Waals surface area contributed by atoms with E-state index in [-0.39, 0.29) is 11.6 Å². The van der Waals surface area contributed by atoms with Crippen molar-refractivity contribution in [2.45, 2.75) is 11.4 Å². The minimum absolute atomic E-state index is 0.0145. The first kappa shape index (κ1) is 20.2. The zero-order valence-electron chi connectivity index (χ0n) is 15.7. The number of amides is 1. The summed E-state index contributed by atoms with van der Waals surface area (Å²) in [4.78, 5) is 27.5. The van der Waals surface area contributed by atoms with E-state index in [1.807, 2.05) is 0 Å². The zero-order valence-corrected chi connectivity index (χ0v) is 16.6. The highest BCUT2D eigenvalue weighted by Gasteiger charge is 2.13. The summed E-state index contributed by atoms with van der Waals surface area (Å²) in [6.45, 7) is 3.86. The van der Waals surface area contributed by atoms with Crippen LogP contribution in [0.15, 0.2) is 53.4 Å². The molecule has 0 bridgehead atoms. The standard InChI is InChI=1S/C20H23N3O4S/c1-21(20(24)15-28-19-8-6-18(7-9-19)23(25)26)14-16-2-4-17(5-3-16)22-10-12-27-13-11-22/h2-9H,10-15H2,1H3. The Labute approximate surface area is 168 Å². The molecule has 0 saturated carbocycles. The van der Waals surface area contributed by atoms with Crippen LogP contribution in [0.5, 0.6) is 0 Å². The molecule has 7 nitrogen and oxygen atoms in total. The topological polar surface area (TPSA) is 75.9 Å². The first-order valence-corrected chi connectivity index (χ1v) is 10.0. The van der Waals surface area contributed by atoms with E-state index in [2.05, 4.69) is 29.2 Å². The number of thioether (sulfide) groups is 1. The van der Waals surface area contributed by atoms with Gasteiger partial charge in [0.05, 0.1) is 23.9 Å². The fourth-order valence-electron chi connectivity index (χ4n) is 2.92. The van der Waals surface area contributed by atoms with Crippen molar-refractivity contribution < 1.29 is 14.5 Å². The Morgan fingerprint density at radius 3 is 2.39 bits per heavy atom. The van der Waals surface area contributed by atoms with Crippen LogP contribution in [-0.4, -0.2) is 54.8 Å². The summed E-state index contributed by atoms with van der Waals surface area (Å²) in [6, 6.07) is 14.5. The van der Waals surface area contributed by atoms with E-state index in [4.69, 9.17) is 4.74 Å². The molecule has 0 unspecified atom stereocenters. The molecule has 0 aliphatic carbocycles. The van der Waals surface area contributed by atoms with E-state index in [1.165, 1.54) is 29.6 Å². The number of carbonyl (C=O) groups is 1. The monoisotopic (exact) mass is 401 g/mol. The molecule has 0 N–H and O–H groups in total. The van der Waals surface area contributed by atoms with Crippen molar-refractivity contribution in [3.8, 4) is 0 Å². The van der Waals surface area contributed by atoms with E-state index in [9.17, 15) is 14.9 Å². The number of nitro benzene ring substituents is 1. The van der Waals surface area contributed by atoms with E-state index in [1.54, 1.807) is 24.1 Å². The summed E-state index contributed by atoms with van der Waals surface area (Å²) in [5.74, 6) is 0.306. The second kappa shape index (κ2) is 9.57. The van der Waals surface area contributed by atoms with E-state index >= 15 is 0 Å². The van der Waals surface area contributed by atoms with Gasteiger partial charge in [-0.15, -0.1) is 11.8 Å². The molecule has 1 fully saturated rings. The predicted octanol–water partition coefficient (Wildman–Crippen LogP) is 3.18. The quantitative estimate of drug-likeness (QED) is 0.403. The molecule has 1 heterocycles. The van der Waals surface area contributed by atoms with Crippen LogP contribution < -0.4 is 4.90 Å². The SMILES string of the molecule is CN(Cc1ccc(N2CCOCC2)cc1)C(=O)CSc1ccc([N+](=O)[O-])cc1. The maximum atomic E-state index is 12.4. The maximum absolute atomic E-state index is 12.4. The molecule has 8 heteroatoms. The van der Waals surface area contributed by atoms with Gasteiger partial charge in [-0.05, 0) is 29.8 Å². The Morgan fingerprint density at radius 2 is 1.79 bits per heavy atom. The normalized spacial score (nSPS) is 14.0. The van der Waals surface area contributed by atoms with Gasteiger partial charge < -0.3 is 14.5 Å². The maximum Gasteiger partial charge on any atom is 0.269 e. The summed E-state index contributed by atoms with van der Waals surface area (Å²) in [7, 11) is 1.79. The Kier molecular flexibility index (Phi) is 6.89. The largest absolute Gasteiger partial charge is 0.378 e. The summed E-state index contributed by atoms with van der Waals surface area (Å²) in [5, 5.41) is 10.7. The molecule has 1 aliphatic heterocycles. The molecule has 0 spiro atoms. The fraction of sp³-hybridized carbons (Fsp3) is 0.350. The Hall–Kier alpha value is -2.58. The molecule has 148 valence electrons. The summed E-state index contributed by atoms with van der Waals surface area (Å²) < 4.78 is 5.38. The number of nitrogens with zero attached hydrogens (tertiary/aromatic N) is 3. The first-order valence-electron chi connectivity index (χ1n) is 9.06. The molecule has 1 amide bonds. The van der Waals surface area contributed by atoms with Gasteiger partial charge in [0, 0.05) is 49.4 Å². The molecule has 2 aromatic rings. The number of anilines is 1. The minimum atomic E-state index is -0.433. The van der Waals surface area contributed by atoms with Crippen molar-refractivity contribution >= 4 is 29.0 Å². The lowest BCUT2D eigenvalue weighted by Gasteiger charge is -2.29. The van der Waals surface area contributed by atoms with Crippen LogP contribution in [0, 0.1) is 10.1 Å². The number of hydrogen-bond acceptors (Lipinski definition) is 6. The summed E-state index contributed by atoms with van der Waals surface area (Å²) in [5.41, 5.74) is 2.30. The lowest BCUT2D eigenvalue weighted by atomic mass is 10.2.